The molecule has 0 spiro atoms. The van der Waals surface area contributed by atoms with Crippen LogP contribution in [-0.4, -0.2) is 14.1 Å². The first-order valence-corrected chi connectivity index (χ1v) is 7.86. The maximum atomic E-state index is 9.62. The first-order valence-electron chi connectivity index (χ1n) is 7.86. The molecule has 0 heterocycles. The Morgan fingerprint density at radius 3 is 1.40 bits per heavy atom. The summed E-state index contributed by atoms with van der Waals surface area (Å²) < 4.78 is 28.8. The van der Waals surface area contributed by atoms with Crippen LogP contribution in [0.5, 0.6) is 0 Å². The van der Waals surface area contributed by atoms with Gasteiger partial charge in [0.2, 0.25) is 6.93 Å². The first kappa shape index (κ1) is 21.8. The Kier molecular flexibility index (Phi) is 20.2. The van der Waals surface area contributed by atoms with Crippen molar-refractivity contribution in [3.63, 3.8) is 0 Å². The number of halogens is 3. The van der Waals surface area contributed by atoms with E-state index in [1.54, 1.807) is 0 Å². The molecule has 3 heteroatoms. The molecule has 0 N–H and O–H groups in total. The van der Waals surface area contributed by atoms with E-state index < -0.39 is 6.93 Å². The van der Waals surface area contributed by atoms with E-state index in [9.17, 15) is 13.2 Å². The molecule has 0 amide bonds. The topological polar surface area (TPSA) is 0 Å². The molecule has 0 unspecified atom stereocenters. The largest absolute Gasteiger partial charge is 0.255 e. The Morgan fingerprint density at radius 1 is 0.850 bits per heavy atom. The van der Waals surface area contributed by atoms with E-state index in [0.717, 1.165) is 11.8 Å². The highest BCUT2D eigenvalue weighted by atomic mass is 19.3. The fourth-order valence-electron chi connectivity index (χ4n) is 2.68. The van der Waals surface area contributed by atoms with Gasteiger partial charge in [0.1, 0.15) is 0 Å². The minimum atomic E-state index is -1.75. The summed E-state index contributed by atoms with van der Waals surface area (Å²) in [5.41, 5.74) is 0. The van der Waals surface area contributed by atoms with Gasteiger partial charge in [-0.25, -0.2) is 8.78 Å². The van der Waals surface area contributed by atoms with Crippen molar-refractivity contribution in [2.45, 2.75) is 71.1 Å². The molecule has 0 aromatic heterocycles. The second-order valence-electron chi connectivity index (χ2n) is 5.48. The molecule has 2 fully saturated rings. The van der Waals surface area contributed by atoms with Crippen LogP contribution in [-0.2, 0) is 0 Å². The van der Waals surface area contributed by atoms with Crippen LogP contribution < -0.4 is 0 Å². The fourth-order valence-corrected chi connectivity index (χ4v) is 2.68. The van der Waals surface area contributed by atoms with Crippen LogP contribution >= 0.6 is 0 Å². The number of hydrogen-bond donors (Lipinski definition) is 0. The minimum Gasteiger partial charge on any atom is -0.255 e. The van der Waals surface area contributed by atoms with E-state index >= 15 is 0 Å². The Bertz CT molecular complexity index is 171. The fraction of sp³-hybridized carbons (Fsp3) is 0.882. The van der Waals surface area contributed by atoms with Crippen LogP contribution in [0.4, 0.5) is 13.2 Å². The van der Waals surface area contributed by atoms with Gasteiger partial charge in [-0.1, -0.05) is 64.4 Å². The average molecular weight is 294 g/mol. The molecule has 0 saturated heterocycles. The molecule has 0 nitrogen and oxygen atoms in total. The summed E-state index contributed by atoms with van der Waals surface area (Å²) >= 11 is 0. The third-order valence-corrected chi connectivity index (χ3v) is 3.88. The van der Waals surface area contributed by atoms with Gasteiger partial charge >= 0.3 is 0 Å². The Hall–Kier alpha value is -0.470. The molecule has 20 heavy (non-hydrogen) atoms. The molecule has 2 saturated carbocycles. The van der Waals surface area contributed by atoms with Crippen molar-refractivity contribution < 1.29 is 13.2 Å². The molecule has 0 aromatic rings. The monoisotopic (exact) mass is 294 g/mol. The van der Waals surface area contributed by atoms with Gasteiger partial charge in [0.15, 0.2) is 0 Å². The smallest absolute Gasteiger partial charge is 0.229 e. The van der Waals surface area contributed by atoms with Crippen LogP contribution in [0.25, 0.3) is 0 Å². The Balaban J connectivity index is 0. The van der Waals surface area contributed by atoms with Gasteiger partial charge < -0.3 is 0 Å². The molecular weight excluding hydrogens is 261 g/mol. The highest BCUT2D eigenvalue weighted by molar-refractivity contribution is 4.80. The Morgan fingerprint density at radius 2 is 1.20 bits per heavy atom. The van der Waals surface area contributed by atoms with E-state index in [2.05, 4.69) is 19.6 Å². The van der Waals surface area contributed by atoms with Gasteiger partial charge in [-0.05, 0) is 24.7 Å². The summed E-state index contributed by atoms with van der Waals surface area (Å²) in [6.45, 7) is 4.39. The molecule has 2 aliphatic carbocycles. The molecular formula is C17H33F3. The summed E-state index contributed by atoms with van der Waals surface area (Å²) in [6, 6.07) is 0. The highest BCUT2D eigenvalue weighted by Crippen LogP contribution is 2.23. The number of allylic oxidation sites excluding steroid dienone is 1. The van der Waals surface area contributed by atoms with Crippen molar-refractivity contribution in [3.8, 4) is 0 Å². The van der Waals surface area contributed by atoms with Crippen LogP contribution in [0.15, 0.2) is 12.7 Å². The van der Waals surface area contributed by atoms with E-state index in [-0.39, 0.29) is 0 Å². The predicted octanol–water partition coefficient (Wildman–Crippen LogP) is 6.81. The maximum Gasteiger partial charge on any atom is 0.229 e. The second-order valence-corrected chi connectivity index (χ2v) is 5.48. The van der Waals surface area contributed by atoms with Crippen LogP contribution in [0.2, 0.25) is 0 Å². The van der Waals surface area contributed by atoms with Crippen molar-refractivity contribution >= 4 is 0 Å². The van der Waals surface area contributed by atoms with Gasteiger partial charge in [0.25, 0.3) is 0 Å². The second kappa shape index (κ2) is 18.5. The first-order chi connectivity index (χ1) is 9.74. The molecule has 0 bridgehead atoms. The van der Waals surface area contributed by atoms with Crippen molar-refractivity contribution in [1.82, 2.24) is 0 Å². The average Bonchev–Trinajstić information content (AvgIpc) is 2.52. The molecule has 0 atom stereocenters. The van der Waals surface area contributed by atoms with Gasteiger partial charge in [0, 0.05) is 0 Å². The molecule has 2 rings (SSSR count). The lowest BCUT2D eigenvalue weighted by molar-refractivity contribution is 0.295. The van der Waals surface area contributed by atoms with E-state index in [0.29, 0.717) is 7.18 Å². The summed E-state index contributed by atoms with van der Waals surface area (Å²) in [7, 11) is 0.500. The number of rotatable bonds is 1. The molecule has 0 radical (unpaired) electrons. The molecule has 0 aliphatic heterocycles. The van der Waals surface area contributed by atoms with Crippen LogP contribution in [0, 0.1) is 11.8 Å². The van der Waals surface area contributed by atoms with Gasteiger partial charge in [-0.2, -0.15) is 0 Å². The molecule has 2 aliphatic rings. The van der Waals surface area contributed by atoms with Gasteiger partial charge in [-0.15, -0.1) is 6.58 Å². The third-order valence-electron chi connectivity index (χ3n) is 3.88. The van der Waals surface area contributed by atoms with Gasteiger partial charge in [0.05, 0.1) is 7.18 Å². The maximum absolute atomic E-state index is 9.62. The highest BCUT2D eigenvalue weighted by Gasteiger charge is 2.08. The third kappa shape index (κ3) is 15.6. The van der Waals surface area contributed by atoms with E-state index in [4.69, 9.17) is 0 Å². The van der Waals surface area contributed by atoms with Gasteiger partial charge in [-0.3, -0.25) is 4.39 Å². The SMILES string of the molecule is C=CC1CCCCC1.CC1CCCCC1.CF.FCF. The van der Waals surface area contributed by atoms with Crippen LogP contribution in [0.1, 0.15) is 71.1 Å². The normalized spacial score (nSPS) is 19.2. The van der Waals surface area contributed by atoms with Crippen molar-refractivity contribution in [2.75, 3.05) is 14.1 Å². The van der Waals surface area contributed by atoms with Crippen molar-refractivity contribution in [1.29, 1.82) is 0 Å². The summed E-state index contributed by atoms with van der Waals surface area (Å²) in [5, 5.41) is 0. The summed E-state index contributed by atoms with van der Waals surface area (Å²) in [4.78, 5) is 0. The lowest BCUT2D eigenvalue weighted by atomic mass is 9.90. The van der Waals surface area contributed by atoms with E-state index in [1.165, 1.54) is 64.2 Å². The molecule has 0 aromatic carbocycles. The lowest BCUT2D eigenvalue weighted by Gasteiger charge is -2.16. The standard InChI is InChI=1S/C8H14.C7H14.CH2F2.CH3F/c1-2-8-6-4-3-5-7-8;1-7-5-3-2-4-6-7;2-1-3;1-2/h2,8H,1,3-7H2;7H,2-6H2,1H3;1H2;1H3. The summed E-state index contributed by atoms with van der Waals surface area (Å²) in [5.74, 6) is 1.89. The minimum absolute atomic E-state index is 0.500. The zero-order valence-corrected chi connectivity index (χ0v) is 13.4. The van der Waals surface area contributed by atoms with Crippen molar-refractivity contribution in [3.05, 3.63) is 12.7 Å². The summed E-state index contributed by atoms with van der Waals surface area (Å²) in [6.07, 6.45) is 16.6. The van der Waals surface area contributed by atoms with Crippen molar-refractivity contribution in [2.24, 2.45) is 11.8 Å². The predicted molar refractivity (Wildman–Crippen MR) is 83.1 cm³/mol. The zero-order valence-electron chi connectivity index (χ0n) is 13.4. The zero-order chi connectivity index (χ0) is 15.6. The lowest BCUT2D eigenvalue weighted by Crippen LogP contribution is -2.01. The van der Waals surface area contributed by atoms with E-state index in [1.807, 2.05) is 0 Å². The Labute approximate surface area is 123 Å². The number of hydrogen-bond acceptors (Lipinski definition) is 0. The number of alkyl halides is 3. The molecule has 122 valence electrons. The van der Waals surface area contributed by atoms with Crippen LogP contribution in [0.3, 0.4) is 0 Å². The quantitative estimate of drug-likeness (QED) is 0.466.